The second-order valence-corrected chi connectivity index (χ2v) is 6.65. The lowest BCUT2D eigenvalue weighted by molar-refractivity contribution is 0.273. The number of guanidine groups is 1. The van der Waals surface area contributed by atoms with Crippen molar-refractivity contribution in [3.8, 4) is 17.2 Å². The summed E-state index contributed by atoms with van der Waals surface area (Å²) in [5, 5.41) is 3.42. The molecule has 1 fully saturated rings. The van der Waals surface area contributed by atoms with Gasteiger partial charge in [0.25, 0.3) is 0 Å². The minimum absolute atomic E-state index is 0.633. The highest BCUT2D eigenvalue weighted by molar-refractivity contribution is 5.80. The van der Waals surface area contributed by atoms with Crippen molar-refractivity contribution in [3.05, 3.63) is 17.7 Å². The zero-order valence-corrected chi connectivity index (χ0v) is 16.8. The molecule has 0 radical (unpaired) electrons. The molecule has 0 saturated carbocycles. The van der Waals surface area contributed by atoms with E-state index in [1.807, 2.05) is 12.1 Å². The summed E-state index contributed by atoms with van der Waals surface area (Å²) >= 11 is 0. The first-order valence-electron chi connectivity index (χ1n) is 9.45. The van der Waals surface area contributed by atoms with Gasteiger partial charge in [0.1, 0.15) is 0 Å². The predicted octanol–water partition coefficient (Wildman–Crippen LogP) is 2.95. The predicted molar refractivity (Wildman–Crippen MR) is 106 cm³/mol. The van der Waals surface area contributed by atoms with Crippen molar-refractivity contribution in [3.63, 3.8) is 0 Å². The van der Waals surface area contributed by atoms with Crippen molar-refractivity contribution < 1.29 is 14.2 Å². The fourth-order valence-electron chi connectivity index (χ4n) is 3.29. The highest BCUT2D eigenvalue weighted by Gasteiger charge is 2.19. The van der Waals surface area contributed by atoms with Crippen LogP contribution in [0.5, 0.6) is 17.2 Å². The van der Waals surface area contributed by atoms with E-state index in [0.29, 0.717) is 18.0 Å². The minimum atomic E-state index is 0.633. The molecule has 6 nitrogen and oxygen atoms in total. The molecule has 6 heteroatoms. The molecule has 0 spiro atoms. The van der Waals surface area contributed by atoms with Crippen molar-refractivity contribution in [2.45, 2.75) is 33.1 Å². The van der Waals surface area contributed by atoms with Gasteiger partial charge in [-0.2, -0.15) is 0 Å². The van der Waals surface area contributed by atoms with Gasteiger partial charge in [-0.05, 0) is 38.2 Å². The molecule has 1 aromatic carbocycles. The molecule has 1 aliphatic rings. The molecule has 0 unspecified atom stereocenters. The molecule has 0 bridgehead atoms. The van der Waals surface area contributed by atoms with E-state index >= 15 is 0 Å². The lowest BCUT2D eigenvalue weighted by Crippen LogP contribution is -2.45. The average Bonchev–Trinajstić information content (AvgIpc) is 2.67. The summed E-state index contributed by atoms with van der Waals surface area (Å²) in [4.78, 5) is 7.21. The number of rotatable bonds is 7. The van der Waals surface area contributed by atoms with Gasteiger partial charge in [-0.1, -0.05) is 13.0 Å². The second-order valence-electron chi connectivity index (χ2n) is 6.65. The molecule has 0 aromatic heterocycles. The summed E-state index contributed by atoms with van der Waals surface area (Å²) in [6.07, 6.45) is 3.24. The summed E-state index contributed by atoms with van der Waals surface area (Å²) < 4.78 is 16.4. The zero-order valence-electron chi connectivity index (χ0n) is 16.8. The Morgan fingerprint density at radius 3 is 2.38 bits per heavy atom. The van der Waals surface area contributed by atoms with Gasteiger partial charge >= 0.3 is 0 Å². The third-order valence-electron chi connectivity index (χ3n) is 4.85. The Labute approximate surface area is 157 Å². The van der Waals surface area contributed by atoms with Gasteiger partial charge in [-0.25, -0.2) is 0 Å². The number of hydrogen-bond donors (Lipinski definition) is 1. The Balaban J connectivity index is 2.09. The maximum atomic E-state index is 5.56. The summed E-state index contributed by atoms with van der Waals surface area (Å²) in [7, 11) is 4.91. The molecular formula is C20H33N3O3. The minimum Gasteiger partial charge on any atom is -0.493 e. The number of nitrogens with zero attached hydrogens (tertiary/aromatic N) is 2. The number of nitrogens with one attached hydrogen (secondary N) is 1. The Morgan fingerprint density at radius 2 is 1.81 bits per heavy atom. The van der Waals surface area contributed by atoms with Gasteiger partial charge in [0.05, 0.1) is 21.3 Å². The number of aliphatic imine (C=N–C) groups is 1. The molecule has 1 aromatic rings. The van der Waals surface area contributed by atoms with Crippen LogP contribution in [0.1, 0.15) is 32.3 Å². The lowest BCUT2D eigenvalue weighted by atomic mass is 10.00. The first-order chi connectivity index (χ1) is 12.6. The number of methoxy groups -OCH3 is 3. The first kappa shape index (κ1) is 20.2. The highest BCUT2D eigenvalue weighted by Crippen LogP contribution is 2.39. The molecular weight excluding hydrogens is 330 g/mol. The Kier molecular flexibility index (Phi) is 7.88. The van der Waals surface area contributed by atoms with E-state index in [0.717, 1.165) is 49.2 Å². The number of piperidine rings is 1. The monoisotopic (exact) mass is 363 g/mol. The molecule has 1 saturated heterocycles. The molecule has 0 aliphatic carbocycles. The second kappa shape index (κ2) is 10.1. The standard InChI is InChI=1S/C20H33N3O3/c1-6-21-20(23-13-10-15(2)11-14-23)22-12-9-16-7-8-17(24-3)19(26-5)18(16)25-4/h7-8,15H,6,9-14H2,1-5H3,(H,21,22). The maximum absolute atomic E-state index is 5.56. The highest BCUT2D eigenvalue weighted by atomic mass is 16.5. The van der Waals surface area contributed by atoms with E-state index < -0.39 is 0 Å². The lowest BCUT2D eigenvalue weighted by Gasteiger charge is -2.33. The summed E-state index contributed by atoms with van der Waals surface area (Å²) in [6, 6.07) is 3.93. The van der Waals surface area contributed by atoms with Crippen LogP contribution in [0.3, 0.4) is 0 Å². The number of benzene rings is 1. The van der Waals surface area contributed by atoms with Crippen LogP contribution in [0.2, 0.25) is 0 Å². The van der Waals surface area contributed by atoms with Gasteiger partial charge in [0.15, 0.2) is 17.5 Å². The largest absolute Gasteiger partial charge is 0.493 e. The van der Waals surface area contributed by atoms with E-state index in [9.17, 15) is 0 Å². The van der Waals surface area contributed by atoms with Gasteiger partial charge in [-0.3, -0.25) is 4.99 Å². The Bertz CT molecular complexity index is 596. The van der Waals surface area contributed by atoms with Crippen molar-refractivity contribution in [2.75, 3.05) is 47.5 Å². The van der Waals surface area contributed by atoms with Crippen LogP contribution < -0.4 is 19.5 Å². The Morgan fingerprint density at radius 1 is 1.12 bits per heavy atom. The molecule has 1 aliphatic heterocycles. The number of likely N-dealkylation sites (tertiary alicyclic amines) is 1. The third-order valence-corrected chi connectivity index (χ3v) is 4.85. The number of ether oxygens (including phenoxy) is 3. The van der Waals surface area contributed by atoms with Crippen molar-refractivity contribution in [1.82, 2.24) is 10.2 Å². The molecule has 26 heavy (non-hydrogen) atoms. The van der Waals surface area contributed by atoms with E-state index in [1.165, 1.54) is 12.8 Å². The van der Waals surface area contributed by atoms with E-state index in [1.54, 1.807) is 21.3 Å². The van der Waals surface area contributed by atoms with Gasteiger partial charge in [0.2, 0.25) is 5.75 Å². The van der Waals surface area contributed by atoms with Crippen molar-refractivity contribution in [2.24, 2.45) is 10.9 Å². The van der Waals surface area contributed by atoms with Crippen LogP contribution in [-0.4, -0.2) is 58.4 Å². The molecule has 1 heterocycles. The summed E-state index contributed by atoms with van der Waals surface area (Å²) in [6.45, 7) is 8.16. The fraction of sp³-hybridized carbons (Fsp3) is 0.650. The molecule has 0 atom stereocenters. The van der Waals surface area contributed by atoms with E-state index in [-0.39, 0.29) is 0 Å². The topological polar surface area (TPSA) is 55.3 Å². The van der Waals surface area contributed by atoms with Gasteiger partial charge < -0.3 is 24.4 Å². The van der Waals surface area contributed by atoms with Crippen molar-refractivity contribution in [1.29, 1.82) is 0 Å². The van der Waals surface area contributed by atoms with Crippen molar-refractivity contribution >= 4 is 5.96 Å². The molecule has 2 rings (SSSR count). The first-order valence-corrected chi connectivity index (χ1v) is 9.45. The molecule has 1 N–H and O–H groups in total. The van der Waals surface area contributed by atoms with E-state index in [2.05, 4.69) is 24.1 Å². The molecule has 146 valence electrons. The smallest absolute Gasteiger partial charge is 0.203 e. The quantitative estimate of drug-likeness (QED) is 0.596. The summed E-state index contributed by atoms with van der Waals surface area (Å²) in [5.41, 5.74) is 1.07. The van der Waals surface area contributed by atoms with Crippen LogP contribution in [0.25, 0.3) is 0 Å². The van der Waals surface area contributed by atoms with Crippen LogP contribution in [0.4, 0.5) is 0 Å². The normalized spacial score (nSPS) is 15.7. The van der Waals surface area contributed by atoms with E-state index in [4.69, 9.17) is 19.2 Å². The van der Waals surface area contributed by atoms with Crippen LogP contribution >= 0.6 is 0 Å². The fourth-order valence-corrected chi connectivity index (χ4v) is 3.29. The van der Waals surface area contributed by atoms with Crippen LogP contribution in [0.15, 0.2) is 17.1 Å². The maximum Gasteiger partial charge on any atom is 0.203 e. The van der Waals surface area contributed by atoms with Gasteiger partial charge in [0, 0.05) is 31.7 Å². The number of hydrogen-bond acceptors (Lipinski definition) is 4. The van der Waals surface area contributed by atoms with Crippen LogP contribution in [-0.2, 0) is 6.42 Å². The average molecular weight is 364 g/mol. The SMILES string of the molecule is CCNC(=NCCc1ccc(OC)c(OC)c1OC)N1CCC(C)CC1. The molecule has 0 amide bonds. The summed E-state index contributed by atoms with van der Waals surface area (Å²) in [5.74, 6) is 3.85. The zero-order chi connectivity index (χ0) is 18.9. The third kappa shape index (κ3) is 4.96. The van der Waals surface area contributed by atoms with Gasteiger partial charge in [-0.15, -0.1) is 0 Å². The Hall–Kier alpha value is -2.11. The van der Waals surface area contributed by atoms with Crippen LogP contribution in [0, 0.1) is 5.92 Å².